The number of carbonyl (C=O) groups excluding carboxylic acids is 2. The van der Waals surface area contributed by atoms with Crippen LogP contribution in [0.15, 0.2) is 28.7 Å². The summed E-state index contributed by atoms with van der Waals surface area (Å²) in [6, 6.07) is 7.30. The minimum Gasteiger partial charge on any atom is -0.464 e. The van der Waals surface area contributed by atoms with Crippen LogP contribution in [-0.4, -0.2) is 31.1 Å². The van der Waals surface area contributed by atoms with Gasteiger partial charge in [0.2, 0.25) is 17.3 Å². The number of nitrogens with zero attached hydrogens (tertiary/aromatic N) is 1. The Morgan fingerprint density at radius 3 is 2.20 bits per heavy atom. The number of aromatic nitrogens is 1. The van der Waals surface area contributed by atoms with Crippen LogP contribution in [0, 0.1) is 6.92 Å². The monoisotopic (exact) mass is 275 g/mol. The van der Waals surface area contributed by atoms with E-state index in [9.17, 15) is 9.59 Å². The van der Waals surface area contributed by atoms with E-state index in [1.54, 1.807) is 12.1 Å². The predicted molar refractivity (Wildman–Crippen MR) is 69.4 cm³/mol. The number of oxazole rings is 1. The van der Waals surface area contributed by atoms with Crippen molar-refractivity contribution in [1.29, 1.82) is 0 Å². The molecule has 20 heavy (non-hydrogen) atoms. The van der Waals surface area contributed by atoms with Crippen LogP contribution in [0.1, 0.15) is 26.6 Å². The number of hydrogen-bond donors (Lipinski definition) is 0. The molecule has 1 aromatic carbocycles. The van der Waals surface area contributed by atoms with Gasteiger partial charge >= 0.3 is 11.9 Å². The van der Waals surface area contributed by atoms with Gasteiger partial charge in [-0.1, -0.05) is 17.7 Å². The summed E-state index contributed by atoms with van der Waals surface area (Å²) in [5.74, 6) is -1.65. The fourth-order valence-corrected chi connectivity index (χ4v) is 1.61. The lowest BCUT2D eigenvalue weighted by Crippen LogP contribution is -2.10. The summed E-state index contributed by atoms with van der Waals surface area (Å²) < 4.78 is 14.5. The normalized spacial score (nSPS) is 10.2. The van der Waals surface area contributed by atoms with E-state index in [1.165, 1.54) is 14.2 Å². The molecule has 0 radical (unpaired) electrons. The second-order valence-electron chi connectivity index (χ2n) is 4.05. The molecule has 0 unspecified atom stereocenters. The van der Waals surface area contributed by atoms with Crippen molar-refractivity contribution in [2.75, 3.05) is 14.2 Å². The second kappa shape index (κ2) is 5.56. The zero-order chi connectivity index (χ0) is 14.7. The molecule has 0 amide bonds. The second-order valence-corrected chi connectivity index (χ2v) is 4.05. The first-order chi connectivity index (χ1) is 9.56. The molecule has 0 fully saturated rings. The van der Waals surface area contributed by atoms with E-state index in [1.807, 2.05) is 19.1 Å². The van der Waals surface area contributed by atoms with Crippen molar-refractivity contribution < 1.29 is 23.5 Å². The zero-order valence-corrected chi connectivity index (χ0v) is 11.3. The minimum absolute atomic E-state index is 0.158. The smallest absolute Gasteiger partial charge is 0.376 e. The largest absolute Gasteiger partial charge is 0.464 e. The van der Waals surface area contributed by atoms with Crippen molar-refractivity contribution in [2.45, 2.75) is 6.92 Å². The molecule has 0 saturated carbocycles. The third-order valence-corrected chi connectivity index (χ3v) is 2.68. The lowest BCUT2D eigenvalue weighted by Gasteiger charge is -1.96. The van der Waals surface area contributed by atoms with Gasteiger partial charge in [0.05, 0.1) is 14.2 Å². The van der Waals surface area contributed by atoms with Gasteiger partial charge in [-0.15, -0.1) is 0 Å². The molecule has 0 saturated heterocycles. The molecule has 6 nitrogen and oxygen atoms in total. The van der Waals surface area contributed by atoms with E-state index in [0.29, 0.717) is 5.56 Å². The molecule has 104 valence electrons. The highest BCUT2D eigenvalue weighted by molar-refractivity contribution is 6.00. The number of methoxy groups -OCH3 is 2. The third kappa shape index (κ3) is 2.54. The lowest BCUT2D eigenvalue weighted by molar-refractivity contribution is 0.0527. The van der Waals surface area contributed by atoms with E-state index in [-0.39, 0.29) is 17.3 Å². The Morgan fingerprint density at radius 1 is 1.05 bits per heavy atom. The van der Waals surface area contributed by atoms with Crippen LogP contribution >= 0.6 is 0 Å². The standard InChI is InChI=1S/C14H13NO5/c1-8-4-6-9(7-5-8)12-15-10(13(16)18-2)11(20-12)14(17)19-3/h4-7H,1-3H3. The van der Waals surface area contributed by atoms with Gasteiger partial charge in [0.1, 0.15) is 0 Å². The molecule has 2 aromatic rings. The molecule has 0 spiro atoms. The summed E-state index contributed by atoms with van der Waals surface area (Å²) >= 11 is 0. The van der Waals surface area contributed by atoms with E-state index in [4.69, 9.17) is 4.42 Å². The van der Waals surface area contributed by atoms with Crippen LogP contribution in [0.3, 0.4) is 0 Å². The van der Waals surface area contributed by atoms with Gasteiger partial charge in [-0.3, -0.25) is 0 Å². The van der Waals surface area contributed by atoms with Crippen LogP contribution in [0.4, 0.5) is 0 Å². The molecular formula is C14H13NO5. The Kier molecular flexibility index (Phi) is 3.84. The van der Waals surface area contributed by atoms with E-state index in [2.05, 4.69) is 14.5 Å². The Morgan fingerprint density at radius 2 is 1.65 bits per heavy atom. The van der Waals surface area contributed by atoms with Gasteiger partial charge in [-0.2, -0.15) is 0 Å². The Balaban J connectivity index is 2.51. The number of rotatable bonds is 3. The number of carbonyl (C=O) groups is 2. The molecule has 0 N–H and O–H groups in total. The number of ether oxygens (including phenoxy) is 2. The average Bonchev–Trinajstić information content (AvgIpc) is 2.91. The summed E-state index contributed by atoms with van der Waals surface area (Å²) in [4.78, 5) is 27.2. The maximum atomic E-state index is 11.6. The van der Waals surface area contributed by atoms with Crippen molar-refractivity contribution in [3.05, 3.63) is 41.3 Å². The Bertz CT molecular complexity index is 609. The van der Waals surface area contributed by atoms with Crippen molar-refractivity contribution >= 4 is 11.9 Å². The first-order valence-corrected chi connectivity index (χ1v) is 5.81. The van der Waals surface area contributed by atoms with Crippen LogP contribution < -0.4 is 0 Å². The Labute approximate surface area is 115 Å². The maximum absolute atomic E-state index is 11.6. The summed E-state index contributed by atoms with van der Waals surface area (Å²) in [5, 5.41) is 0. The van der Waals surface area contributed by atoms with Gasteiger partial charge in [0.25, 0.3) is 0 Å². The highest BCUT2D eigenvalue weighted by Crippen LogP contribution is 2.23. The fraction of sp³-hybridized carbons (Fsp3) is 0.214. The third-order valence-electron chi connectivity index (χ3n) is 2.68. The van der Waals surface area contributed by atoms with Gasteiger partial charge in [-0.25, -0.2) is 14.6 Å². The summed E-state index contributed by atoms with van der Waals surface area (Å²) in [7, 11) is 2.39. The van der Waals surface area contributed by atoms with Crippen LogP contribution in [-0.2, 0) is 9.47 Å². The van der Waals surface area contributed by atoms with E-state index >= 15 is 0 Å². The molecule has 0 aliphatic rings. The first-order valence-electron chi connectivity index (χ1n) is 5.81. The molecule has 0 aliphatic carbocycles. The molecule has 6 heteroatoms. The van der Waals surface area contributed by atoms with Gasteiger partial charge in [0.15, 0.2) is 0 Å². The quantitative estimate of drug-likeness (QED) is 0.799. The average molecular weight is 275 g/mol. The van der Waals surface area contributed by atoms with Crippen molar-refractivity contribution in [1.82, 2.24) is 4.98 Å². The zero-order valence-electron chi connectivity index (χ0n) is 11.3. The number of hydrogen-bond acceptors (Lipinski definition) is 6. The van der Waals surface area contributed by atoms with Crippen LogP contribution in [0.2, 0.25) is 0 Å². The number of aryl methyl sites for hydroxylation is 1. The van der Waals surface area contributed by atoms with Crippen molar-refractivity contribution in [3.63, 3.8) is 0 Å². The predicted octanol–water partition coefficient (Wildman–Crippen LogP) is 2.22. The molecule has 0 bridgehead atoms. The molecule has 2 rings (SSSR count). The molecule has 1 heterocycles. The SMILES string of the molecule is COC(=O)c1nc(-c2ccc(C)cc2)oc1C(=O)OC. The number of benzene rings is 1. The molecular weight excluding hydrogens is 262 g/mol. The van der Waals surface area contributed by atoms with Gasteiger partial charge in [-0.05, 0) is 19.1 Å². The first kappa shape index (κ1) is 13.8. The van der Waals surface area contributed by atoms with Gasteiger partial charge in [0, 0.05) is 5.56 Å². The highest BCUT2D eigenvalue weighted by Gasteiger charge is 2.27. The lowest BCUT2D eigenvalue weighted by atomic mass is 10.1. The molecule has 0 aliphatic heterocycles. The molecule has 1 aromatic heterocycles. The van der Waals surface area contributed by atoms with Crippen LogP contribution in [0.25, 0.3) is 11.5 Å². The van der Waals surface area contributed by atoms with Crippen molar-refractivity contribution in [3.8, 4) is 11.5 Å². The number of esters is 2. The summed E-state index contributed by atoms with van der Waals surface area (Å²) in [6.45, 7) is 1.94. The summed E-state index contributed by atoms with van der Waals surface area (Å²) in [6.07, 6.45) is 0. The Hall–Kier alpha value is -2.63. The van der Waals surface area contributed by atoms with Crippen LogP contribution in [0.5, 0.6) is 0 Å². The maximum Gasteiger partial charge on any atom is 0.376 e. The van der Waals surface area contributed by atoms with Crippen molar-refractivity contribution in [2.24, 2.45) is 0 Å². The van der Waals surface area contributed by atoms with E-state index in [0.717, 1.165) is 5.56 Å². The van der Waals surface area contributed by atoms with Gasteiger partial charge < -0.3 is 13.9 Å². The minimum atomic E-state index is -0.781. The fourth-order valence-electron chi connectivity index (χ4n) is 1.61. The topological polar surface area (TPSA) is 78.6 Å². The highest BCUT2D eigenvalue weighted by atomic mass is 16.5. The molecule has 0 atom stereocenters. The van der Waals surface area contributed by atoms with E-state index < -0.39 is 11.9 Å². The summed E-state index contributed by atoms with van der Waals surface area (Å²) in [5.41, 5.74) is 1.52.